The number of fused-ring (bicyclic) bond motifs is 1. The van der Waals surface area contributed by atoms with E-state index in [1.165, 1.54) is 5.56 Å². The number of rotatable bonds is 4. The molecule has 1 N–H and O–H groups in total. The highest BCUT2D eigenvalue weighted by Gasteiger charge is 2.31. The third-order valence-corrected chi connectivity index (χ3v) is 6.84. The predicted octanol–water partition coefficient (Wildman–Crippen LogP) is 2.39. The summed E-state index contributed by atoms with van der Waals surface area (Å²) < 4.78 is 1.99. The molecule has 3 aromatic rings. The van der Waals surface area contributed by atoms with Crippen molar-refractivity contribution in [2.45, 2.75) is 39.7 Å². The average Bonchev–Trinajstić information content (AvgIpc) is 3.12. The molecule has 2 aliphatic heterocycles. The second-order valence-corrected chi connectivity index (χ2v) is 9.35. The van der Waals surface area contributed by atoms with Crippen molar-refractivity contribution in [2.75, 3.05) is 38.1 Å². The summed E-state index contributed by atoms with van der Waals surface area (Å²) >= 11 is 0. The smallest absolute Gasteiger partial charge is 0.223 e. The van der Waals surface area contributed by atoms with Crippen LogP contribution in [0.1, 0.15) is 29.8 Å². The van der Waals surface area contributed by atoms with Crippen LogP contribution in [0.15, 0.2) is 24.3 Å². The SMILES string of the molecule is Cc1ccc(-n2nc3c(N4CCC(C(=O)NC5CN(C)C5)CC4)nnc(C)c3c2C)cc1. The Hall–Kier alpha value is -3.00. The molecule has 0 bridgehead atoms. The highest BCUT2D eigenvalue weighted by Crippen LogP contribution is 2.31. The average molecular weight is 434 g/mol. The number of benzene rings is 1. The Bertz CT molecular complexity index is 1140. The van der Waals surface area contributed by atoms with Crippen LogP contribution in [0, 0.1) is 26.7 Å². The van der Waals surface area contributed by atoms with Crippen LogP contribution >= 0.6 is 0 Å². The van der Waals surface area contributed by atoms with Crippen molar-refractivity contribution >= 4 is 22.6 Å². The lowest BCUT2D eigenvalue weighted by Crippen LogP contribution is -2.58. The normalized spacial score (nSPS) is 18.2. The van der Waals surface area contributed by atoms with Crippen LogP contribution in [0.4, 0.5) is 5.82 Å². The van der Waals surface area contributed by atoms with Crippen molar-refractivity contribution in [1.29, 1.82) is 0 Å². The molecule has 1 aromatic carbocycles. The van der Waals surface area contributed by atoms with Crippen molar-refractivity contribution in [3.63, 3.8) is 0 Å². The summed E-state index contributed by atoms with van der Waals surface area (Å²) in [7, 11) is 2.08. The van der Waals surface area contributed by atoms with Gasteiger partial charge in [0, 0.05) is 32.1 Å². The van der Waals surface area contributed by atoms with Crippen LogP contribution in [0.3, 0.4) is 0 Å². The molecule has 2 saturated heterocycles. The fraction of sp³-hybridized carbons (Fsp3) is 0.500. The van der Waals surface area contributed by atoms with Gasteiger partial charge in [-0.1, -0.05) is 17.7 Å². The monoisotopic (exact) mass is 433 g/mol. The zero-order valence-electron chi connectivity index (χ0n) is 19.3. The highest BCUT2D eigenvalue weighted by atomic mass is 16.2. The number of hydrogen-bond acceptors (Lipinski definition) is 6. The summed E-state index contributed by atoms with van der Waals surface area (Å²) in [6.07, 6.45) is 1.65. The number of nitrogens with one attached hydrogen (secondary N) is 1. The van der Waals surface area contributed by atoms with E-state index in [1.54, 1.807) is 0 Å². The summed E-state index contributed by atoms with van der Waals surface area (Å²) in [6.45, 7) is 9.62. The lowest BCUT2D eigenvalue weighted by Gasteiger charge is -2.38. The first-order valence-electron chi connectivity index (χ1n) is 11.4. The van der Waals surface area contributed by atoms with Gasteiger partial charge < -0.3 is 15.1 Å². The fourth-order valence-corrected chi connectivity index (χ4v) is 4.92. The quantitative estimate of drug-likeness (QED) is 0.681. The largest absolute Gasteiger partial charge is 0.353 e. The van der Waals surface area contributed by atoms with E-state index in [9.17, 15) is 4.79 Å². The van der Waals surface area contributed by atoms with Gasteiger partial charge in [-0.2, -0.15) is 10.2 Å². The molecule has 2 aliphatic rings. The number of aryl methyl sites for hydroxylation is 3. The second kappa shape index (κ2) is 8.16. The predicted molar refractivity (Wildman–Crippen MR) is 125 cm³/mol. The topological polar surface area (TPSA) is 79.2 Å². The molecule has 0 saturated carbocycles. The molecule has 168 valence electrons. The zero-order chi connectivity index (χ0) is 22.4. The number of carbonyl (C=O) groups excluding carboxylic acids is 1. The molecule has 8 nitrogen and oxygen atoms in total. The second-order valence-electron chi connectivity index (χ2n) is 9.35. The van der Waals surface area contributed by atoms with Crippen molar-refractivity contribution < 1.29 is 4.79 Å². The van der Waals surface area contributed by atoms with Gasteiger partial charge in [0.15, 0.2) is 5.82 Å². The number of piperidine rings is 1. The van der Waals surface area contributed by atoms with Crippen LogP contribution in [-0.2, 0) is 4.79 Å². The van der Waals surface area contributed by atoms with Gasteiger partial charge in [0.1, 0.15) is 5.52 Å². The molecule has 4 heterocycles. The minimum absolute atomic E-state index is 0.0675. The Labute approximate surface area is 188 Å². The lowest BCUT2D eigenvalue weighted by atomic mass is 9.95. The molecule has 0 spiro atoms. The summed E-state index contributed by atoms with van der Waals surface area (Å²) in [6, 6.07) is 8.69. The number of likely N-dealkylation sites (tertiary alicyclic amines) is 1. The first-order valence-corrected chi connectivity index (χ1v) is 11.4. The van der Waals surface area contributed by atoms with E-state index in [2.05, 4.69) is 70.5 Å². The number of nitrogens with zero attached hydrogens (tertiary/aromatic N) is 6. The van der Waals surface area contributed by atoms with Gasteiger partial charge in [-0.3, -0.25) is 4.79 Å². The van der Waals surface area contributed by atoms with Crippen LogP contribution in [-0.4, -0.2) is 70.1 Å². The number of likely N-dealkylation sites (N-methyl/N-ethyl adjacent to an activating group) is 1. The number of carbonyl (C=O) groups is 1. The van der Waals surface area contributed by atoms with Crippen LogP contribution in [0.2, 0.25) is 0 Å². The fourth-order valence-electron chi connectivity index (χ4n) is 4.92. The van der Waals surface area contributed by atoms with E-state index in [0.29, 0.717) is 6.04 Å². The van der Waals surface area contributed by atoms with E-state index >= 15 is 0 Å². The summed E-state index contributed by atoms with van der Waals surface area (Å²) in [5.74, 6) is 1.08. The molecule has 1 amide bonds. The zero-order valence-corrected chi connectivity index (χ0v) is 19.3. The Morgan fingerprint density at radius 1 is 1.03 bits per heavy atom. The molecule has 0 radical (unpaired) electrons. The van der Waals surface area contributed by atoms with E-state index in [-0.39, 0.29) is 11.8 Å². The molecule has 8 heteroatoms. The lowest BCUT2D eigenvalue weighted by molar-refractivity contribution is -0.127. The number of anilines is 1. The first-order chi connectivity index (χ1) is 15.4. The molecular formula is C24H31N7O. The van der Waals surface area contributed by atoms with E-state index in [0.717, 1.165) is 72.8 Å². The summed E-state index contributed by atoms with van der Waals surface area (Å²) in [4.78, 5) is 17.1. The number of amides is 1. The van der Waals surface area contributed by atoms with E-state index in [4.69, 9.17) is 5.10 Å². The van der Waals surface area contributed by atoms with Gasteiger partial charge in [0.2, 0.25) is 5.91 Å². The summed E-state index contributed by atoms with van der Waals surface area (Å²) in [5, 5.41) is 18.2. The van der Waals surface area contributed by atoms with Crippen molar-refractivity contribution in [2.24, 2.45) is 5.92 Å². The minimum Gasteiger partial charge on any atom is -0.353 e. The van der Waals surface area contributed by atoms with Crippen LogP contribution in [0.5, 0.6) is 0 Å². The standard InChI is InChI=1S/C24H31N7O/c1-15-5-7-20(8-6-15)31-17(3)21-16(2)26-27-23(22(21)28-31)30-11-9-18(10-12-30)24(32)25-19-13-29(4)14-19/h5-8,18-19H,9-14H2,1-4H3,(H,25,32). The summed E-state index contributed by atoms with van der Waals surface area (Å²) in [5.41, 5.74) is 5.10. The van der Waals surface area contributed by atoms with Gasteiger partial charge in [0.05, 0.1) is 28.5 Å². The van der Waals surface area contributed by atoms with Gasteiger partial charge in [0.25, 0.3) is 0 Å². The Kier molecular flexibility index (Phi) is 5.33. The molecular weight excluding hydrogens is 402 g/mol. The maximum Gasteiger partial charge on any atom is 0.223 e. The van der Waals surface area contributed by atoms with Crippen LogP contribution in [0.25, 0.3) is 16.6 Å². The molecule has 32 heavy (non-hydrogen) atoms. The third-order valence-electron chi connectivity index (χ3n) is 6.84. The Morgan fingerprint density at radius 2 is 1.72 bits per heavy atom. The molecule has 2 fully saturated rings. The molecule has 0 aliphatic carbocycles. The molecule has 2 aromatic heterocycles. The van der Waals surface area contributed by atoms with E-state index < -0.39 is 0 Å². The third kappa shape index (κ3) is 3.72. The van der Waals surface area contributed by atoms with Gasteiger partial charge in [-0.05, 0) is 52.8 Å². The van der Waals surface area contributed by atoms with E-state index in [1.807, 2.05) is 11.6 Å². The molecule has 0 unspecified atom stereocenters. The first kappa shape index (κ1) is 20.9. The van der Waals surface area contributed by atoms with Gasteiger partial charge >= 0.3 is 0 Å². The molecule has 5 rings (SSSR count). The van der Waals surface area contributed by atoms with Gasteiger partial charge in [-0.25, -0.2) is 4.68 Å². The number of aromatic nitrogens is 4. The van der Waals surface area contributed by atoms with Gasteiger partial charge in [-0.15, -0.1) is 5.10 Å². The molecule has 0 atom stereocenters. The van der Waals surface area contributed by atoms with Crippen LogP contribution < -0.4 is 10.2 Å². The number of hydrogen-bond donors (Lipinski definition) is 1. The Morgan fingerprint density at radius 3 is 2.38 bits per heavy atom. The Balaban J connectivity index is 1.37. The van der Waals surface area contributed by atoms with Crippen molar-refractivity contribution in [3.05, 3.63) is 41.2 Å². The van der Waals surface area contributed by atoms with Crippen molar-refractivity contribution in [3.8, 4) is 5.69 Å². The highest BCUT2D eigenvalue weighted by molar-refractivity contribution is 5.92. The minimum atomic E-state index is 0.0675. The maximum atomic E-state index is 12.6. The van der Waals surface area contributed by atoms with Crippen molar-refractivity contribution in [1.82, 2.24) is 30.2 Å². The maximum absolute atomic E-state index is 12.6.